The number of carbonyl (C=O) groups excluding carboxylic acids is 2. The van der Waals surface area contributed by atoms with Crippen LogP contribution in [-0.4, -0.2) is 11.8 Å². The molecule has 4 aromatic carbocycles. The first kappa shape index (κ1) is 24.7. The molecule has 0 fully saturated rings. The maximum atomic E-state index is 13.6. The molecule has 5 nitrogen and oxygen atoms in total. The van der Waals surface area contributed by atoms with Crippen molar-refractivity contribution in [2.45, 2.75) is 18.7 Å². The van der Waals surface area contributed by atoms with Crippen LogP contribution in [0.1, 0.15) is 11.1 Å². The third kappa shape index (κ3) is 5.40. The number of benzene rings is 4. The Hall–Kier alpha value is -4.00. The van der Waals surface area contributed by atoms with Crippen molar-refractivity contribution in [3.8, 4) is 11.5 Å². The van der Waals surface area contributed by atoms with E-state index < -0.39 is 11.8 Å². The molecule has 5 rings (SSSR count). The summed E-state index contributed by atoms with van der Waals surface area (Å²) in [5.41, 5.74) is 3.66. The molecule has 7 heteroatoms. The number of nitrogens with zero attached hydrogens (tertiary/aromatic N) is 1. The van der Waals surface area contributed by atoms with Crippen LogP contribution in [0.25, 0.3) is 0 Å². The normalized spacial score (nSPS) is 13.3. The van der Waals surface area contributed by atoms with Gasteiger partial charge in [-0.15, -0.1) is 0 Å². The summed E-state index contributed by atoms with van der Waals surface area (Å²) in [6.45, 7) is 4.03. The number of aryl methyl sites for hydroxylation is 2. The molecular formula is C30H23ClN2O3S. The molecule has 37 heavy (non-hydrogen) atoms. The Labute approximate surface area is 224 Å². The van der Waals surface area contributed by atoms with Gasteiger partial charge < -0.3 is 10.1 Å². The van der Waals surface area contributed by atoms with E-state index in [1.54, 1.807) is 36.4 Å². The molecule has 1 aliphatic rings. The number of imide groups is 1. The van der Waals surface area contributed by atoms with Gasteiger partial charge in [0.25, 0.3) is 11.8 Å². The van der Waals surface area contributed by atoms with Crippen LogP contribution in [0.3, 0.4) is 0 Å². The maximum absolute atomic E-state index is 13.6. The summed E-state index contributed by atoms with van der Waals surface area (Å²) >= 11 is 7.27. The second-order valence-electron chi connectivity index (χ2n) is 8.54. The molecule has 4 aromatic rings. The van der Waals surface area contributed by atoms with E-state index >= 15 is 0 Å². The number of rotatable bonds is 7. The van der Waals surface area contributed by atoms with Crippen molar-refractivity contribution in [3.63, 3.8) is 0 Å². The third-order valence-corrected chi connectivity index (χ3v) is 7.27. The van der Waals surface area contributed by atoms with Gasteiger partial charge in [-0.05, 0) is 97.8 Å². The highest BCUT2D eigenvalue weighted by atomic mass is 35.5. The van der Waals surface area contributed by atoms with Crippen LogP contribution in [0, 0.1) is 13.8 Å². The van der Waals surface area contributed by atoms with Gasteiger partial charge in [-0.2, -0.15) is 0 Å². The van der Waals surface area contributed by atoms with Gasteiger partial charge >= 0.3 is 0 Å². The number of carbonyl (C=O) groups is 2. The van der Waals surface area contributed by atoms with Crippen LogP contribution in [0.5, 0.6) is 11.5 Å². The quantitative estimate of drug-likeness (QED) is 0.250. The predicted molar refractivity (Wildman–Crippen MR) is 149 cm³/mol. The minimum absolute atomic E-state index is 0.234. The molecule has 0 aromatic heterocycles. The van der Waals surface area contributed by atoms with Crippen molar-refractivity contribution in [1.29, 1.82) is 0 Å². The molecular weight excluding hydrogens is 504 g/mol. The van der Waals surface area contributed by atoms with Gasteiger partial charge in [-0.3, -0.25) is 9.59 Å². The number of thioether (sulfide) groups is 1. The Morgan fingerprint density at radius 2 is 1.43 bits per heavy atom. The fourth-order valence-corrected chi connectivity index (χ4v) is 4.87. The van der Waals surface area contributed by atoms with Crippen LogP contribution in [-0.2, 0) is 9.59 Å². The lowest BCUT2D eigenvalue weighted by molar-refractivity contribution is -0.120. The fraction of sp³-hybridized carbons (Fsp3) is 0.0667. The summed E-state index contributed by atoms with van der Waals surface area (Å²) in [5.74, 6) is 0.488. The van der Waals surface area contributed by atoms with E-state index in [4.69, 9.17) is 16.3 Å². The first-order valence-corrected chi connectivity index (χ1v) is 12.8. The van der Waals surface area contributed by atoms with Crippen molar-refractivity contribution in [3.05, 3.63) is 124 Å². The molecule has 1 aliphatic heterocycles. The van der Waals surface area contributed by atoms with Crippen LogP contribution in [0.4, 0.5) is 11.4 Å². The summed E-state index contributed by atoms with van der Waals surface area (Å²) in [4.78, 5) is 29.5. The Bertz CT molecular complexity index is 1500. The maximum Gasteiger partial charge on any atom is 0.283 e. The molecule has 1 heterocycles. The molecule has 1 N–H and O–H groups in total. The first-order chi connectivity index (χ1) is 17.9. The van der Waals surface area contributed by atoms with Crippen molar-refractivity contribution >= 4 is 46.6 Å². The SMILES string of the molecule is Cc1ccc(NC2=C(Sc3ccc(Cl)cc3)C(=O)N(c3ccc(Oc4ccccc4)cc3)C2=O)cc1C. The van der Waals surface area contributed by atoms with Gasteiger partial charge in [0.2, 0.25) is 0 Å². The van der Waals surface area contributed by atoms with Gasteiger partial charge in [0, 0.05) is 15.6 Å². The van der Waals surface area contributed by atoms with E-state index in [0.717, 1.165) is 21.7 Å². The summed E-state index contributed by atoms with van der Waals surface area (Å²) < 4.78 is 5.85. The molecule has 0 spiro atoms. The molecule has 0 aliphatic carbocycles. The van der Waals surface area contributed by atoms with Crippen LogP contribution >= 0.6 is 23.4 Å². The van der Waals surface area contributed by atoms with Crippen molar-refractivity contribution < 1.29 is 14.3 Å². The highest BCUT2D eigenvalue weighted by Gasteiger charge is 2.40. The number of nitrogens with one attached hydrogen (secondary N) is 1. The van der Waals surface area contributed by atoms with E-state index in [1.807, 2.05) is 74.5 Å². The Kier molecular flexibility index (Phi) is 7.04. The number of ether oxygens (including phenoxy) is 1. The molecule has 0 saturated heterocycles. The second-order valence-corrected chi connectivity index (χ2v) is 10.1. The zero-order chi connectivity index (χ0) is 25.9. The largest absolute Gasteiger partial charge is 0.457 e. The zero-order valence-corrected chi connectivity index (χ0v) is 21.8. The molecule has 0 saturated carbocycles. The number of hydrogen-bond acceptors (Lipinski definition) is 5. The molecule has 0 radical (unpaired) electrons. The number of anilines is 2. The number of halogens is 1. The second kappa shape index (κ2) is 10.5. The zero-order valence-electron chi connectivity index (χ0n) is 20.2. The van der Waals surface area contributed by atoms with Crippen molar-refractivity contribution in [2.75, 3.05) is 10.2 Å². The number of hydrogen-bond donors (Lipinski definition) is 1. The highest BCUT2D eigenvalue weighted by Crippen LogP contribution is 2.39. The van der Waals surface area contributed by atoms with E-state index in [0.29, 0.717) is 27.1 Å². The Morgan fingerprint density at radius 3 is 2.11 bits per heavy atom. The fourth-order valence-electron chi connectivity index (χ4n) is 3.82. The average molecular weight is 527 g/mol. The standard InChI is InChI=1S/C30H23ClN2O3S/c1-19-8-11-22(18-20(19)2)32-27-28(37-26-16-9-21(31)10-17-26)30(35)33(29(27)34)23-12-14-25(15-13-23)36-24-6-4-3-5-7-24/h3-18,32H,1-2H3. The minimum atomic E-state index is -0.420. The van der Waals surface area contributed by atoms with Crippen LogP contribution < -0.4 is 15.0 Å². The molecule has 0 bridgehead atoms. The van der Waals surface area contributed by atoms with Crippen molar-refractivity contribution in [2.24, 2.45) is 0 Å². The lowest BCUT2D eigenvalue weighted by Crippen LogP contribution is -2.32. The summed E-state index contributed by atoms with van der Waals surface area (Å²) in [6, 6.07) is 29.3. The number of para-hydroxylation sites is 1. The van der Waals surface area contributed by atoms with Gasteiger partial charge in [-0.1, -0.05) is 47.6 Å². The molecule has 0 atom stereocenters. The predicted octanol–water partition coefficient (Wildman–Crippen LogP) is 7.74. The summed E-state index contributed by atoms with van der Waals surface area (Å²) in [5, 5.41) is 3.81. The Morgan fingerprint density at radius 1 is 0.757 bits per heavy atom. The van der Waals surface area contributed by atoms with E-state index in [2.05, 4.69) is 5.32 Å². The lowest BCUT2D eigenvalue weighted by atomic mass is 10.1. The summed E-state index contributed by atoms with van der Waals surface area (Å²) in [6.07, 6.45) is 0. The number of amides is 2. The van der Waals surface area contributed by atoms with Crippen LogP contribution in [0.2, 0.25) is 5.02 Å². The smallest absolute Gasteiger partial charge is 0.283 e. The van der Waals surface area contributed by atoms with Gasteiger partial charge in [0.15, 0.2) is 0 Å². The van der Waals surface area contributed by atoms with Gasteiger partial charge in [0.1, 0.15) is 22.1 Å². The third-order valence-electron chi connectivity index (χ3n) is 5.92. The highest BCUT2D eigenvalue weighted by molar-refractivity contribution is 8.04. The lowest BCUT2D eigenvalue weighted by Gasteiger charge is -2.16. The minimum Gasteiger partial charge on any atom is -0.457 e. The topological polar surface area (TPSA) is 58.6 Å². The van der Waals surface area contributed by atoms with E-state index in [9.17, 15) is 9.59 Å². The summed E-state index contributed by atoms with van der Waals surface area (Å²) in [7, 11) is 0. The van der Waals surface area contributed by atoms with Crippen molar-refractivity contribution in [1.82, 2.24) is 0 Å². The monoisotopic (exact) mass is 526 g/mol. The first-order valence-electron chi connectivity index (χ1n) is 11.6. The molecule has 184 valence electrons. The van der Waals surface area contributed by atoms with Gasteiger partial charge in [-0.25, -0.2) is 4.90 Å². The van der Waals surface area contributed by atoms with E-state index in [1.165, 1.54) is 16.7 Å². The average Bonchev–Trinajstić information content (AvgIpc) is 3.12. The Balaban J connectivity index is 1.45. The molecule has 0 unspecified atom stereocenters. The molecule has 2 amide bonds. The van der Waals surface area contributed by atoms with Crippen LogP contribution in [0.15, 0.2) is 113 Å². The van der Waals surface area contributed by atoms with Gasteiger partial charge in [0.05, 0.1) is 5.69 Å². The van der Waals surface area contributed by atoms with E-state index in [-0.39, 0.29) is 5.70 Å².